The standard InChI is InChI=1S/C13H26N4O/c1-7-8-16-12(11(14)10(2)15-16)17(18-6)9-13(3,4)5/h7-9,14H2,1-6H3. The third-order valence-electron chi connectivity index (χ3n) is 2.66. The number of anilines is 2. The molecule has 1 heterocycles. The van der Waals surface area contributed by atoms with Crippen molar-refractivity contribution in [1.29, 1.82) is 0 Å². The van der Waals surface area contributed by atoms with Gasteiger partial charge >= 0.3 is 0 Å². The first-order valence-electron chi connectivity index (χ1n) is 6.44. The van der Waals surface area contributed by atoms with Crippen LogP contribution >= 0.6 is 0 Å². The highest BCUT2D eigenvalue weighted by molar-refractivity contribution is 5.65. The zero-order valence-electron chi connectivity index (χ0n) is 12.4. The second-order valence-corrected chi connectivity index (χ2v) is 5.83. The smallest absolute Gasteiger partial charge is 0.174 e. The fourth-order valence-electron chi connectivity index (χ4n) is 1.87. The topological polar surface area (TPSA) is 56.3 Å². The van der Waals surface area contributed by atoms with Crippen molar-refractivity contribution in [2.45, 2.75) is 47.6 Å². The summed E-state index contributed by atoms with van der Waals surface area (Å²) in [7, 11) is 1.67. The number of nitrogen functional groups attached to an aromatic ring is 1. The van der Waals surface area contributed by atoms with E-state index in [2.05, 4.69) is 32.8 Å². The summed E-state index contributed by atoms with van der Waals surface area (Å²) in [5.74, 6) is 0.867. The fraction of sp³-hybridized carbons (Fsp3) is 0.769. The molecule has 1 aromatic heterocycles. The summed E-state index contributed by atoms with van der Waals surface area (Å²) in [6, 6.07) is 0. The first kappa shape index (κ1) is 14.8. The van der Waals surface area contributed by atoms with E-state index in [1.165, 1.54) is 0 Å². The lowest BCUT2D eigenvalue weighted by Gasteiger charge is -2.29. The summed E-state index contributed by atoms with van der Waals surface area (Å²) in [4.78, 5) is 5.49. The van der Waals surface area contributed by atoms with E-state index in [1.807, 2.05) is 16.7 Å². The van der Waals surface area contributed by atoms with Crippen molar-refractivity contribution in [3.63, 3.8) is 0 Å². The number of aryl methyl sites for hydroxylation is 2. The highest BCUT2D eigenvalue weighted by atomic mass is 16.7. The van der Waals surface area contributed by atoms with Gasteiger partial charge in [-0.05, 0) is 18.8 Å². The Kier molecular flexibility index (Phi) is 4.62. The van der Waals surface area contributed by atoms with Crippen LogP contribution in [0.5, 0.6) is 0 Å². The molecule has 0 bridgehead atoms. The van der Waals surface area contributed by atoms with Crippen molar-refractivity contribution < 1.29 is 4.84 Å². The summed E-state index contributed by atoms with van der Waals surface area (Å²) in [5.41, 5.74) is 7.81. The molecule has 0 aliphatic rings. The predicted molar refractivity (Wildman–Crippen MR) is 75.5 cm³/mol. The SMILES string of the molecule is CCCn1nc(C)c(N)c1N(CC(C)(C)C)OC. The van der Waals surface area contributed by atoms with Crippen LogP contribution in [-0.4, -0.2) is 23.4 Å². The lowest BCUT2D eigenvalue weighted by molar-refractivity contribution is 0.136. The Morgan fingerprint density at radius 2 is 2.00 bits per heavy atom. The van der Waals surface area contributed by atoms with Crippen molar-refractivity contribution in [3.05, 3.63) is 5.69 Å². The quantitative estimate of drug-likeness (QED) is 0.821. The molecule has 104 valence electrons. The summed E-state index contributed by atoms with van der Waals surface area (Å²) in [6.45, 7) is 12.2. The average Bonchev–Trinajstić information content (AvgIpc) is 2.51. The van der Waals surface area contributed by atoms with Crippen LogP contribution in [-0.2, 0) is 11.4 Å². The Balaban J connectivity index is 3.11. The van der Waals surface area contributed by atoms with E-state index in [1.54, 1.807) is 7.11 Å². The number of hydroxylamine groups is 1. The molecule has 2 N–H and O–H groups in total. The Morgan fingerprint density at radius 3 is 2.44 bits per heavy atom. The first-order valence-corrected chi connectivity index (χ1v) is 6.44. The molecule has 0 unspecified atom stereocenters. The molecule has 1 rings (SSSR count). The van der Waals surface area contributed by atoms with Crippen molar-refractivity contribution in [2.75, 3.05) is 24.5 Å². The molecule has 0 atom stereocenters. The number of rotatable bonds is 5. The van der Waals surface area contributed by atoms with E-state index in [-0.39, 0.29) is 5.41 Å². The molecule has 0 radical (unpaired) electrons. The third-order valence-corrected chi connectivity index (χ3v) is 2.66. The summed E-state index contributed by atoms with van der Waals surface area (Å²) < 4.78 is 1.93. The van der Waals surface area contributed by atoms with Gasteiger partial charge in [0.1, 0.15) is 0 Å². The van der Waals surface area contributed by atoms with Crippen LogP contribution in [0.15, 0.2) is 0 Å². The molecular weight excluding hydrogens is 228 g/mol. The molecular formula is C13H26N4O. The lowest BCUT2D eigenvalue weighted by atomic mass is 9.97. The van der Waals surface area contributed by atoms with Gasteiger partial charge in [-0.2, -0.15) is 5.10 Å². The Morgan fingerprint density at radius 1 is 1.39 bits per heavy atom. The molecule has 0 saturated heterocycles. The Hall–Kier alpha value is -1.23. The maximum atomic E-state index is 6.12. The number of hydrogen-bond acceptors (Lipinski definition) is 4. The molecule has 0 fully saturated rings. The average molecular weight is 254 g/mol. The zero-order valence-corrected chi connectivity index (χ0v) is 12.4. The van der Waals surface area contributed by atoms with Crippen LogP contribution in [0, 0.1) is 12.3 Å². The molecule has 0 spiro atoms. The van der Waals surface area contributed by atoms with Gasteiger partial charge in [-0.1, -0.05) is 27.7 Å². The maximum Gasteiger partial charge on any atom is 0.174 e. The molecule has 0 saturated carbocycles. The predicted octanol–water partition coefficient (Wildman–Crippen LogP) is 2.60. The van der Waals surface area contributed by atoms with Crippen LogP contribution < -0.4 is 10.8 Å². The zero-order chi connectivity index (χ0) is 13.9. The van der Waals surface area contributed by atoms with Gasteiger partial charge in [0.25, 0.3) is 0 Å². The van der Waals surface area contributed by atoms with Gasteiger partial charge in [-0.3, -0.25) is 4.84 Å². The number of nitrogens with zero attached hydrogens (tertiary/aromatic N) is 3. The Bertz CT molecular complexity index is 392. The highest BCUT2D eigenvalue weighted by Crippen LogP contribution is 2.29. The van der Waals surface area contributed by atoms with Gasteiger partial charge in [0.05, 0.1) is 25.0 Å². The minimum atomic E-state index is 0.123. The van der Waals surface area contributed by atoms with Crippen LogP contribution in [0.3, 0.4) is 0 Å². The molecule has 5 heteroatoms. The monoisotopic (exact) mass is 254 g/mol. The van der Waals surface area contributed by atoms with Crippen LogP contribution in [0.1, 0.15) is 39.8 Å². The second-order valence-electron chi connectivity index (χ2n) is 5.83. The van der Waals surface area contributed by atoms with Crippen LogP contribution in [0.4, 0.5) is 11.5 Å². The molecule has 1 aromatic rings. The third kappa shape index (κ3) is 3.38. The summed E-state index contributed by atoms with van der Waals surface area (Å²) in [5, 5.41) is 6.31. The molecule has 0 aliphatic heterocycles. The number of hydrogen-bond donors (Lipinski definition) is 1. The molecule has 5 nitrogen and oxygen atoms in total. The first-order chi connectivity index (χ1) is 8.30. The van der Waals surface area contributed by atoms with Gasteiger partial charge in [-0.25, -0.2) is 9.75 Å². The van der Waals surface area contributed by atoms with Crippen molar-refractivity contribution >= 4 is 11.5 Å². The summed E-state index contributed by atoms with van der Waals surface area (Å²) in [6.07, 6.45) is 1.01. The molecule has 18 heavy (non-hydrogen) atoms. The van der Waals surface area contributed by atoms with Gasteiger partial charge in [0.15, 0.2) is 5.82 Å². The Labute approximate surface area is 110 Å². The van der Waals surface area contributed by atoms with Crippen molar-refractivity contribution in [1.82, 2.24) is 9.78 Å². The van der Waals surface area contributed by atoms with E-state index in [9.17, 15) is 0 Å². The van der Waals surface area contributed by atoms with E-state index in [4.69, 9.17) is 10.6 Å². The van der Waals surface area contributed by atoms with E-state index in [0.717, 1.165) is 31.0 Å². The second kappa shape index (κ2) is 5.61. The van der Waals surface area contributed by atoms with Gasteiger partial charge < -0.3 is 5.73 Å². The van der Waals surface area contributed by atoms with E-state index >= 15 is 0 Å². The van der Waals surface area contributed by atoms with Crippen molar-refractivity contribution in [3.8, 4) is 0 Å². The van der Waals surface area contributed by atoms with E-state index in [0.29, 0.717) is 5.69 Å². The highest BCUT2D eigenvalue weighted by Gasteiger charge is 2.23. The van der Waals surface area contributed by atoms with Gasteiger partial charge in [0, 0.05) is 6.54 Å². The van der Waals surface area contributed by atoms with Crippen molar-refractivity contribution in [2.24, 2.45) is 5.41 Å². The maximum absolute atomic E-state index is 6.12. The largest absolute Gasteiger partial charge is 0.394 e. The summed E-state index contributed by atoms with van der Waals surface area (Å²) >= 11 is 0. The van der Waals surface area contributed by atoms with Crippen LogP contribution in [0.2, 0.25) is 0 Å². The molecule has 0 aliphatic carbocycles. The minimum Gasteiger partial charge on any atom is -0.394 e. The molecule has 0 amide bonds. The normalized spacial score (nSPS) is 11.9. The molecule has 0 aromatic carbocycles. The number of nitrogens with two attached hydrogens (primary N) is 1. The fourth-order valence-corrected chi connectivity index (χ4v) is 1.87. The number of aromatic nitrogens is 2. The minimum absolute atomic E-state index is 0.123. The lowest BCUT2D eigenvalue weighted by Crippen LogP contribution is -2.34. The van der Waals surface area contributed by atoms with E-state index < -0.39 is 0 Å². The van der Waals surface area contributed by atoms with Crippen LogP contribution in [0.25, 0.3) is 0 Å². The van der Waals surface area contributed by atoms with Gasteiger partial charge in [0.2, 0.25) is 0 Å². The van der Waals surface area contributed by atoms with Gasteiger partial charge in [-0.15, -0.1) is 0 Å².